The summed E-state index contributed by atoms with van der Waals surface area (Å²) in [6.45, 7) is 1.33. The Morgan fingerprint density at radius 3 is 2.83 bits per heavy atom. The lowest BCUT2D eigenvalue weighted by Crippen LogP contribution is -2.15. The first-order valence-corrected chi connectivity index (χ1v) is 5.81. The predicted octanol–water partition coefficient (Wildman–Crippen LogP) is 2.42. The van der Waals surface area contributed by atoms with Crippen LogP contribution in [0, 0.1) is 18.2 Å². The highest BCUT2D eigenvalue weighted by Crippen LogP contribution is 2.10. The second-order valence-electron chi connectivity index (χ2n) is 3.96. The smallest absolute Gasteiger partial charge is 0.338 e. The van der Waals surface area contributed by atoms with Gasteiger partial charge in [-0.25, -0.2) is 9.18 Å². The van der Waals surface area contributed by atoms with Crippen molar-refractivity contribution in [1.29, 1.82) is 0 Å². The van der Waals surface area contributed by atoms with Crippen LogP contribution in [0.5, 0.6) is 0 Å². The monoisotopic (exact) mass is 249 g/mol. The molecule has 0 aliphatic rings. The van der Waals surface area contributed by atoms with Crippen LogP contribution in [0.15, 0.2) is 18.2 Å². The van der Waals surface area contributed by atoms with Gasteiger partial charge in [0.05, 0.1) is 5.56 Å². The topological polar surface area (TPSA) is 49.3 Å². The maximum atomic E-state index is 13.3. The Kier molecular flexibility index (Phi) is 5.89. The first-order valence-electron chi connectivity index (χ1n) is 5.81. The van der Waals surface area contributed by atoms with E-state index in [9.17, 15) is 9.18 Å². The number of nitrogens with one attached hydrogen (secondary N) is 1. The van der Waals surface area contributed by atoms with E-state index in [4.69, 9.17) is 11.5 Å². The summed E-state index contributed by atoms with van der Waals surface area (Å²) in [5.74, 6) is 0.619. The van der Waals surface area contributed by atoms with Crippen LogP contribution >= 0.6 is 0 Å². The summed E-state index contributed by atoms with van der Waals surface area (Å²) in [5.41, 5.74) is 0.433. The van der Waals surface area contributed by atoms with Gasteiger partial charge in [-0.05, 0) is 37.1 Å². The van der Waals surface area contributed by atoms with Crippen molar-refractivity contribution in [2.45, 2.75) is 25.8 Å². The minimum absolute atomic E-state index is 0.298. The second kappa shape index (κ2) is 7.46. The van der Waals surface area contributed by atoms with E-state index in [1.807, 2.05) is 0 Å². The normalized spacial score (nSPS) is 10.0. The van der Waals surface area contributed by atoms with Gasteiger partial charge in [0.2, 0.25) is 0 Å². The third kappa shape index (κ3) is 4.56. The Balaban J connectivity index is 2.38. The molecule has 0 atom stereocenters. The van der Waals surface area contributed by atoms with Crippen molar-refractivity contribution in [3.8, 4) is 12.3 Å². The van der Waals surface area contributed by atoms with Gasteiger partial charge in [0, 0.05) is 13.0 Å². The molecule has 0 bridgehead atoms. The molecule has 1 aromatic carbocycles. The molecule has 0 fully saturated rings. The van der Waals surface area contributed by atoms with Crippen molar-refractivity contribution in [2.24, 2.45) is 0 Å². The minimum Gasteiger partial charge on any atom is -0.478 e. The standard InChI is InChI=1S/C14H16FNO2/c1-2-3-4-5-8-16-10-11-6-7-12(14(17)18)13(15)9-11/h1,6-7,9,16H,3-5,8,10H2,(H,17,18). The van der Waals surface area contributed by atoms with Crippen LogP contribution in [0.4, 0.5) is 4.39 Å². The van der Waals surface area contributed by atoms with Crippen LogP contribution in [0.3, 0.4) is 0 Å². The molecule has 1 rings (SSSR count). The fraction of sp³-hybridized carbons (Fsp3) is 0.357. The molecule has 0 radical (unpaired) electrons. The molecule has 0 heterocycles. The molecule has 0 spiro atoms. The lowest BCUT2D eigenvalue weighted by molar-refractivity contribution is 0.0692. The molecule has 18 heavy (non-hydrogen) atoms. The highest BCUT2D eigenvalue weighted by molar-refractivity contribution is 5.87. The number of aromatic carboxylic acids is 1. The van der Waals surface area contributed by atoms with E-state index in [0.717, 1.165) is 31.4 Å². The highest BCUT2D eigenvalue weighted by atomic mass is 19.1. The highest BCUT2D eigenvalue weighted by Gasteiger charge is 2.09. The lowest BCUT2D eigenvalue weighted by Gasteiger charge is -2.05. The number of benzene rings is 1. The summed E-state index contributed by atoms with van der Waals surface area (Å²) in [4.78, 5) is 10.6. The van der Waals surface area contributed by atoms with Crippen LogP contribution in [-0.4, -0.2) is 17.6 Å². The zero-order valence-corrected chi connectivity index (χ0v) is 10.1. The zero-order valence-electron chi connectivity index (χ0n) is 10.1. The fourth-order valence-electron chi connectivity index (χ4n) is 1.55. The number of carbonyl (C=O) groups is 1. The van der Waals surface area contributed by atoms with Crippen molar-refractivity contribution in [3.63, 3.8) is 0 Å². The van der Waals surface area contributed by atoms with Gasteiger partial charge in [-0.1, -0.05) is 6.07 Å². The van der Waals surface area contributed by atoms with Crippen molar-refractivity contribution in [3.05, 3.63) is 35.1 Å². The number of terminal acetylenes is 1. The van der Waals surface area contributed by atoms with Gasteiger partial charge in [0.15, 0.2) is 0 Å². The maximum Gasteiger partial charge on any atom is 0.338 e. The van der Waals surface area contributed by atoms with Gasteiger partial charge >= 0.3 is 5.97 Å². The molecule has 0 aliphatic carbocycles. The molecule has 2 N–H and O–H groups in total. The molecule has 1 aromatic rings. The molecule has 0 amide bonds. The van der Waals surface area contributed by atoms with Gasteiger partial charge in [-0.2, -0.15) is 0 Å². The molecule has 0 aromatic heterocycles. The SMILES string of the molecule is C#CCCCCNCc1ccc(C(=O)O)c(F)c1. The summed E-state index contributed by atoms with van der Waals surface area (Å²) in [7, 11) is 0. The molecule has 0 unspecified atom stereocenters. The lowest BCUT2D eigenvalue weighted by atomic mass is 10.1. The maximum absolute atomic E-state index is 13.3. The van der Waals surface area contributed by atoms with Gasteiger partial charge < -0.3 is 10.4 Å². The minimum atomic E-state index is -1.25. The van der Waals surface area contributed by atoms with Crippen molar-refractivity contribution < 1.29 is 14.3 Å². The molecule has 3 nitrogen and oxygen atoms in total. The largest absolute Gasteiger partial charge is 0.478 e. The third-order valence-corrected chi connectivity index (χ3v) is 2.52. The van der Waals surface area contributed by atoms with Crippen molar-refractivity contribution in [1.82, 2.24) is 5.32 Å². The van der Waals surface area contributed by atoms with E-state index in [0.29, 0.717) is 6.54 Å². The summed E-state index contributed by atoms with van der Waals surface area (Å²) < 4.78 is 13.3. The van der Waals surface area contributed by atoms with E-state index in [2.05, 4.69) is 11.2 Å². The van der Waals surface area contributed by atoms with Crippen LogP contribution in [0.25, 0.3) is 0 Å². The molecular formula is C14H16FNO2. The van der Waals surface area contributed by atoms with Crippen molar-refractivity contribution >= 4 is 5.97 Å². The Hall–Kier alpha value is -1.86. The van der Waals surface area contributed by atoms with Gasteiger partial charge in [0.1, 0.15) is 5.82 Å². The van der Waals surface area contributed by atoms with E-state index in [1.54, 1.807) is 6.07 Å². The van der Waals surface area contributed by atoms with E-state index >= 15 is 0 Å². The van der Waals surface area contributed by atoms with Gasteiger partial charge in [-0.3, -0.25) is 0 Å². The number of rotatable bonds is 7. The number of hydrogen-bond donors (Lipinski definition) is 2. The third-order valence-electron chi connectivity index (χ3n) is 2.52. The van der Waals surface area contributed by atoms with E-state index in [1.165, 1.54) is 12.1 Å². The average molecular weight is 249 g/mol. The predicted molar refractivity (Wildman–Crippen MR) is 67.8 cm³/mol. The summed E-state index contributed by atoms with van der Waals surface area (Å²) in [6.07, 6.45) is 7.84. The van der Waals surface area contributed by atoms with Crippen LogP contribution in [-0.2, 0) is 6.54 Å². The average Bonchev–Trinajstić information content (AvgIpc) is 2.33. The first-order chi connectivity index (χ1) is 8.65. The first kappa shape index (κ1) is 14.2. The number of carboxylic acid groups (broad SMARTS) is 1. The van der Waals surface area contributed by atoms with Gasteiger partial charge in [0.25, 0.3) is 0 Å². The molecule has 0 saturated carbocycles. The van der Waals surface area contributed by atoms with Crippen LogP contribution < -0.4 is 5.32 Å². The van der Waals surface area contributed by atoms with E-state index in [-0.39, 0.29) is 5.56 Å². The van der Waals surface area contributed by atoms with Crippen LogP contribution in [0.1, 0.15) is 35.2 Å². The number of carboxylic acids is 1. The quantitative estimate of drug-likeness (QED) is 0.576. The fourth-order valence-corrected chi connectivity index (χ4v) is 1.55. The molecular weight excluding hydrogens is 233 g/mol. The van der Waals surface area contributed by atoms with Crippen LogP contribution in [0.2, 0.25) is 0 Å². The second-order valence-corrected chi connectivity index (χ2v) is 3.96. The molecule has 0 saturated heterocycles. The number of halogens is 1. The molecule has 0 aliphatic heterocycles. The summed E-state index contributed by atoms with van der Waals surface area (Å²) >= 11 is 0. The number of hydrogen-bond acceptors (Lipinski definition) is 2. The Labute approximate surface area is 106 Å². The Bertz CT molecular complexity index is 452. The zero-order chi connectivity index (χ0) is 13.4. The summed E-state index contributed by atoms with van der Waals surface area (Å²) in [5, 5.41) is 11.8. The Morgan fingerprint density at radius 2 is 2.22 bits per heavy atom. The van der Waals surface area contributed by atoms with Gasteiger partial charge in [-0.15, -0.1) is 12.3 Å². The van der Waals surface area contributed by atoms with E-state index < -0.39 is 11.8 Å². The number of unbranched alkanes of at least 4 members (excludes halogenated alkanes) is 2. The molecule has 96 valence electrons. The Morgan fingerprint density at radius 1 is 1.44 bits per heavy atom. The van der Waals surface area contributed by atoms with Crippen molar-refractivity contribution in [2.75, 3.05) is 6.54 Å². The summed E-state index contributed by atoms with van der Waals surface area (Å²) in [6, 6.07) is 4.14. The molecule has 4 heteroatoms.